The maximum atomic E-state index is 11.1. The molecule has 0 aromatic heterocycles. The van der Waals surface area contributed by atoms with E-state index in [4.69, 9.17) is 9.47 Å². The van der Waals surface area contributed by atoms with Crippen molar-refractivity contribution in [3.8, 4) is 0 Å². The van der Waals surface area contributed by atoms with E-state index in [0.717, 1.165) is 12.8 Å². The van der Waals surface area contributed by atoms with E-state index < -0.39 is 0 Å². The van der Waals surface area contributed by atoms with Gasteiger partial charge in [0.15, 0.2) is 0 Å². The van der Waals surface area contributed by atoms with E-state index in [2.05, 4.69) is 10.6 Å². The van der Waals surface area contributed by atoms with E-state index in [9.17, 15) is 9.59 Å². The molecular weight excluding hydrogens is 224 g/mol. The van der Waals surface area contributed by atoms with Crippen LogP contribution in [0.5, 0.6) is 0 Å². The molecule has 0 aliphatic carbocycles. The molecule has 0 spiro atoms. The number of carbonyl (C=O) groups is 2. The van der Waals surface area contributed by atoms with Crippen LogP contribution < -0.4 is 10.6 Å². The zero-order valence-electron chi connectivity index (χ0n) is 10.6. The topological polar surface area (TPSA) is 76.7 Å². The summed E-state index contributed by atoms with van der Waals surface area (Å²) >= 11 is 0. The fourth-order valence-corrected chi connectivity index (χ4v) is 0.962. The van der Waals surface area contributed by atoms with Crippen LogP contribution in [0.15, 0.2) is 0 Å². The minimum Gasteiger partial charge on any atom is -0.372 e. The molecule has 17 heavy (non-hydrogen) atoms. The average Bonchev–Trinajstić information content (AvgIpc) is 2.30. The molecule has 0 saturated carbocycles. The lowest BCUT2D eigenvalue weighted by atomic mass is 10.5. The first-order valence-corrected chi connectivity index (χ1v) is 5.89. The highest BCUT2D eigenvalue weighted by atomic mass is 16.5. The van der Waals surface area contributed by atoms with E-state index in [0.29, 0.717) is 13.2 Å². The molecule has 0 aromatic rings. The Bertz CT molecular complexity index is 200. The fourth-order valence-electron chi connectivity index (χ4n) is 0.962. The summed E-state index contributed by atoms with van der Waals surface area (Å²) < 4.78 is 10.1. The predicted molar refractivity (Wildman–Crippen MR) is 63.4 cm³/mol. The van der Waals surface area contributed by atoms with Gasteiger partial charge in [-0.1, -0.05) is 13.8 Å². The highest BCUT2D eigenvalue weighted by Crippen LogP contribution is 1.80. The van der Waals surface area contributed by atoms with Crippen LogP contribution in [-0.4, -0.2) is 44.9 Å². The molecule has 0 aliphatic rings. The Morgan fingerprint density at radius 3 is 1.65 bits per heavy atom. The number of carbonyl (C=O) groups excluding carboxylic acids is 2. The number of rotatable bonds is 10. The second-order valence-corrected chi connectivity index (χ2v) is 3.48. The Kier molecular flexibility index (Phi) is 10.6. The monoisotopic (exact) mass is 246 g/mol. The third-order valence-corrected chi connectivity index (χ3v) is 1.73. The van der Waals surface area contributed by atoms with Gasteiger partial charge in [0.05, 0.1) is 6.67 Å². The van der Waals surface area contributed by atoms with Crippen molar-refractivity contribution in [1.82, 2.24) is 10.6 Å². The molecule has 0 radical (unpaired) electrons. The van der Waals surface area contributed by atoms with E-state index in [-0.39, 0.29) is 31.7 Å². The minimum absolute atomic E-state index is 0.0239. The first-order valence-electron chi connectivity index (χ1n) is 5.89. The van der Waals surface area contributed by atoms with Crippen LogP contribution in [0.3, 0.4) is 0 Å². The van der Waals surface area contributed by atoms with Gasteiger partial charge < -0.3 is 20.1 Å². The molecule has 100 valence electrons. The van der Waals surface area contributed by atoms with Gasteiger partial charge in [0.1, 0.15) is 13.2 Å². The number of ether oxygens (including phenoxy) is 2. The third kappa shape index (κ3) is 11.1. The number of nitrogens with one attached hydrogen (secondary N) is 2. The maximum absolute atomic E-state index is 11.1. The molecule has 0 saturated heterocycles. The van der Waals surface area contributed by atoms with Crippen molar-refractivity contribution < 1.29 is 19.1 Å². The first-order chi connectivity index (χ1) is 8.20. The molecule has 2 N–H and O–H groups in total. The quantitative estimate of drug-likeness (QED) is 0.421. The van der Waals surface area contributed by atoms with Crippen LogP contribution >= 0.6 is 0 Å². The number of hydrogen-bond donors (Lipinski definition) is 2. The molecule has 0 fully saturated rings. The van der Waals surface area contributed by atoms with E-state index in [1.54, 1.807) is 0 Å². The highest BCUT2D eigenvalue weighted by molar-refractivity contribution is 5.79. The standard InChI is InChI=1S/C11H22N2O4/c1-3-5-16-7-10(14)12-9-13-11(15)8-17-6-4-2/h3-9H2,1-2H3,(H,12,14)(H,13,15). The van der Waals surface area contributed by atoms with Gasteiger partial charge in [-0.05, 0) is 12.8 Å². The predicted octanol–water partition coefficient (Wildman–Crippen LogP) is 0.0295. The molecule has 0 heterocycles. The van der Waals surface area contributed by atoms with Crippen molar-refractivity contribution >= 4 is 11.8 Å². The second kappa shape index (κ2) is 11.3. The average molecular weight is 246 g/mol. The van der Waals surface area contributed by atoms with E-state index >= 15 is 0 Å². The van der Waals surface area contributed by atoms with Crippen molar-refractivity contribution in [3.05, 3.63) is 0 Å². The summed E-state index contributed by atoms with van der Waals surface area (Å²) in [5.74, 6) is -0.485. The molecule has 0 unspecified atom stereocenters. The molecule has 0 rings (SSSR count). The summed E-state index contributed by atoms with van der Waals surface area (Å²) in [7, 11) is 0. The number of hydrogen-bond acceptors (Lipinski definition) is 4. The van der Waals surface area contributed by atoms with E-state index in [1.807, 2.05) is 13.8 Å². The molecule has 0 atom stereocenters. The third-order valence-electron chi connectivity index (χ3n) is 1.73. The van der Waals surface area contributed by atoms with Gasteiger partial charge in [0.25, 0.3) is 0 Å². The van der Waals surface area contributed by atoms with Crippen LogP contribution in [0.2, 0.25) is 0 Å². The molecular formula is C11H22N2O4. The zero-order valence-corrected chi connectivity index (χ0v) is 10.6. The molecule has 6 heteroatoms. The summed E-state index contributed by atoms with van der Waals surface area (Å²) in [6.45, 7) is 5.20. The smallest absolute Gasteiger partial charge is 0.247 e. The Hall–Kier alpha value is -1.14. The van der Waals surface area contributed by atoms with Crippen molar-refractivity contribution in [2.75, 3.05) is 33.1 Å². The Morgan fingerprint density at radius 2 is 1.29 bits per heavy atom. The van der Waals surface area contributed by atoms with Gasteiger partial charge in [-0.15, -0.1) is 0 Å². The highest BCUT2D eigenvalue weighted by Gasteiger charge is 2.02. The van der Waals surface area contributed by atoms with Gasteiger partial charge in [-0.2, -0.15) is 0 Å². The van der Waals surface area contributed by atoms with Crippen LogP contribution in [0.4, 0.5) is 0 Å². The second-order valence-electron chi connectivity index (χ2n) is 3.48. The minimum atomic E-state index is -0.242. The SMILES string of the molecule is CCCOCC(=O)NCNC(=O)COCCC. The Labute approximate surface area is 102 Å². The summed E-state index contributed by atoms with van der Waals surface area (Å²) in [6, 6.07) is 0. The summed E-state index contributed by atoms with van der Waals surface area (Å²) in [4.78, 5) is 22.3. The molecule has 6 nitrogen and oxygen atoms in total. The number of amides is 2. The lowest BCUT2D eigenvalue weighted by Crippen LogP contribution is -2.40. The van der Waals surface area contributed by atoms with Gasteiger partial charge in [0, 0.05) is 13.2 Å². The van der Waals surface area contributed by atoms with Gasteiger partial charge >= 0.3 is 0 Å². The molecule has 0 bridgehead atoms. The van der Waals surface area contributed by atoms with Crippen molar-refractivity contribution in [3.63, 3.8) is 0 Å². The van der Waals surface area contributed by atoms with Crippen molar-refractivity contribution in [2.24, 2.45) is 0 Å². The molecule has 2 amide bonds. The van der Waals surface area contributed by atoms with Crippen molar-refractivity contribution in [1.29, 1.82) is 0 Å². The Morgan fingerprint density at radius 1 is 0.882 bits per heavy atom. The van der Waals surface area contributed by atoms with Crippen LogP contribution in [0.1, 0.15) is 26.7 Å². The first kappa shape index (κ1) is 15.9. The van der Waals surface area contributed by atoms with Gasteiger partial charge in [-0.3, -0.25) is 9.59 Å². The van der Waals surface area contributed by atoms with E-state index in [1.165, 1.54) is 0 Å². The van der Waals surface area contributed by atoms with Gasteiger partial charge in [-0.25, -0.2) is 0 Å². The van der Waals surface area contributed by atoms with Crippen LogP contribution in [0.25, 0.3) is 0 Å². The summed E-state index contributed by atoms with van der Waals surface area (Å²) in [6.07, 6.45) is 1.75. The largest absolute Gasteiger partial charge is 0.372 e. The normalized spacial score (nSPS) is 10.0. The molecule has 0 aromatic carbocycles. The zero-order chi connectivity index (χ0) is 12.9. The summed E-state index contributed by atoms with van der Waals surface area (Å²) in [5, 5.41) is 5.02. The van der Waals surface area contributed by atoms with Crippen LogP contribution in [0, 0.1) is 0 Å². The summed E-state index contributed by atoms with van der Waals surface area (Å²) in [5.41, 5.74) is 0. The van der Waals surface area contributed by atoms with Crippen LogP contribution in [-0.2, 0) is 19.1 Å². The van der Waals surface area contributed by atoms with Crippen molar-refractivity contribution in [2.45, 2.75) is 26.7 Å². The maximum Gasteiger partial charge on any atom is 0.247 e. The van der Waals surface area contributed by atoms with Gasteiger partial charge in [0.2, 0.25) is 11.8 Å². The lowest BCUT2D eigenvalue weighted by molar-refractivity contribution is -0.127. The lowest BCUT2D eigenvalue weighted by Gasteiger charge is -2.07. The Balaban J connectivity index is 3.36. The molecule has 0 aliphatic heterocycles. The fraction of sp³-hybridized carbons (Fsp3) is 0.818.